The van der Waals surface area contributed by atoms with Gasteiger partial charge in [-0.05, 0) is 55.6 Å². The molecule has 6 N–H and O–H groups in total. The van der Waals surface area contributed by atoms with Crippen LogP contribution in [0.2, 0.25) is 0 Å². The second-order valence-corrected chi connectivity index (χ2v) is 5.94. The zero-order valence-electron chi connectivity index (χ0n) is 15.6. The van der Waals surface area contributed by atoms with Gasteiger partial charge in [0.05, 0.1) is 12.2 Å². The summed E-state index contributed by atoms with van der Waals surface area (Å²) < 4.78 is 11.3. The summed E-state index contributed by atoms with van der Waals surface area (Å²) in [5.41, 5.74) is 11.1. The van der Waals surface area contributed by atoms with Gasteiger partial charge >= 0.3 is 5.97 Å². The van der Waals surface area contributed by atoms with Crippen LogP contribution in [0.1, 0.15) is 27.6 Å². The number of carboxylic acid groups (broad SMARTS) is 1. The summed E-state index contributed by atoms with van der Waals surface area (Å²) in [6, 6.07) is 10.2. The number of benzene rings is 2. The standard InChI is InChI=1S/C20H21N3O6/c1-12(11-24)28-16-8-14(19(25)23-18(22)6-7-21)9-17(10-16)29-15-4-2-13(3-5-15)20(26)27/h2-10,12,24H,11,21H2,1H3,(H,26,27)(H2,22,23,25)/b7-6-/t12-/m0/s1. The molecule has 0 heterocycles. The van der Waals surface area contributed by atoms with E-state index >= 15 is 0 Å². The maximum Gasteiger partial charge on any atom is 0.335 e. The van der Waals surface area contributed by atoms with Gasteiger partial charge in [-0.2, -0.15) is 4.99 Å². The van der Waals surface area contributed by atoms with Crippen LogP contribution in [0.15, 0.2) is 59.7 Å². The first-order valence-electron chi connectivity index (χ1n) is 8.53. The lowest BCUT2D eigenvalue weighted by Gasteiger charge is -2.14. The molecule has 9 heteroatoms. The summed E-state index contributed by atoms with van der Waals surface area (Å²) in [6.07, 6.45) is 1.91. The molecule has 0 aliphatic rings. The molecule has 0 fully saturated rings. The second-order valence-electron chi connectivity index (χ2n) is 5.94. The van der Waals surface area contributed by atoms with E-state index in [1.165, 1.54) is 48.5 Å². The van der Waals surface area contributed by atoms with E-state index in [9.17, 15) is 14.7 Å². The lowest BCUT2D eigenvalue weighted by Crippen LogP contribution is -2.16. The van der Waals surface area contributed by atoms with Crippen molar-refractivity contribution in [1.82, 2.24) is 0 Å². The Labute approximate surface area is 166 Å². The highest BCUT2D eigenvalue weighted by Crippen LogP contribution is 2.29. The molecule has 2 aromatic rings. The summed E-state index contributed by atoms with van der Waals surface area (Å²) in [5, 5.41) is 18.2. The first kappa shape index (κ1) is 21.5. The van der Waals surface area contributed by atoms with Crippen molar-refractivity contribution in [3.8, 4) is 17.2 Å². The Balaban J connectivity index is 2.36. The molecule has 0 spiro atoms. The van der Waals surface area contributed by atoms with Crippen LogP contribution in [0.5, 0.6) is 17.2 Å². The molecule has 2 rings (SSSR count). The van der Waals surface area contributed by atoms with Gasteiger partial charge in [-0.1, -0.05) is 0 Å². The van der Waals surface area contributed by atoms with E-state index in [0.29, 0.717) is 5.75 Å². The van der Waals surface area contributed by atoms with Gasteiger partial charge in [0.1, 0.15) is 29.2 Å². The average Bonchev–Trinajstić information content (AvgIpc) is 2.68. The lowest BCUT2D eigenvalue weighted by molar-refractivity contribution is 0.0696. The normalized spacial score (nSPS) is 12.6. The van der Waals surface area contributed by atoms with Crippen LogP contribution in [0.4, 0.5) is 0 Å². The van der Waals surface area contributed by atoms with Gasteiger partial charge < -0.3 is 31.2 Å². The van der Waals surface area contributed by atoms with Crippen molar-refractivity contribution in [2.75, 3.05) is 6.61 Å². The van der Waals surface area contributed by atoms with E-state index in [-0.39, 0.29) is 35.1 Å². The molecule has 0 unspecified atom stereocenters. The van der Waals surface area contributed by atoms with Crippen molar-refractivity contribution in [3.63, 3.8) is 0 Å². The van der Waals surface area contributed by atoms with E-state index < -0.39 is 18.0 Å². The number of amides is 1. The van der Waals surface area contributed by atoms with Crippen LogP contribution >= 0.6 is 0 Å². The van der Waals surface area contributed by atoms with Crippen molar-refractivity contribution in [1.29, 1.82) is 0 Å². The van der Waals surface area contributed by atoms with Crippen molar-refractivity contribution < 1.29 is 29.3 Å². The molecule has 1 amide bonds. The number of aliphatic hydroxyl groups is 1. The number of aromatic carboxylic acids is 1. The van der Waals surface area contributed by atoms with E-state index in [1.807, 2.05) is 0 Å². The third kappa shape index (κ3) is 6.36. The molecule has 2 aromatic carbocycles. The largest absolute Gasteiger partial charge is 0.488 e. The summed E-state index contributed by atoms with van der Waals surface area (Å²) in [7, 11) is 0. The lowest BCUT2D eigenvalue weighted by atomic mass is 10.2. The molecule has 9 nitrogen and oxygen atoms in total. The van der Waals surface area contributed by atoms with Crippen LogP contribution < -0.4 is 20.9 Å². The molecule has 0 aliphatic carbocycles. The fourth-order valence-corrected chi connectivity index (χ4v) is 2.21. The number of rotatable bonds is 8. The van der Waals surface area contributed by atoms with Crippen LogP contribution in [0, 0.1) is 0 Å². The predicted octanol–water partition coefficient (Wildman–Crippen LogP) is 1.91. The Morgan fingerprint density at radius 1 is 1.10 bits per heavy atom. The van der Waals surface area contributed by atoms with Crippen molar-refractivity contribution >= 4 is 17.7 Å². The molecule has 0 saturated heterocycles. The molecule has 1 atom stereocenters. The molecular formula is C20H21N3O6. The number of hydrogen-bond donors (Lipinski definition) is 4. The minimum Gasteiger partial charge on any atom is -0.488 e. The van der Waals surface area contributed by atoms with Crippen LogP contribution in [0.25, 0.3) is 0 Å². The maximum atomic E-state index is 12.4. The number of carbonyl (C=O) groups excluding carboxylic acids is 1. The maximum absolute atomic E-state index is 12.4. The predicted molar refractivity (Wildman–Crippen MR) is 106 cm³/mol. The second kappa shape index (κ2) is 9.90. The third-order valence-electron chi connectivity index (χ3n) is 3.56. The van der Waals surface area contributed by atoms with Gasteiger partial charge in [0.15, 0.2) is 0 Å². The quantitative estimate of drug-likeness (QED) is 0.387. The summed E-state index contributed by atoms with van der Waals surface area (Å²) in [4.78, 5) is 27.1. The average molecular weight is 399 g/mol. The highest BCUT2D eigenvalue weighted by Gasteiger charge is 2.13. The number of nitrogens with zero attached hydrogens (tertiary/aromatic N) is 1. The Kier molecular flexibility index (Phi) is 7.33. The van der Waals surface area contributed by atoms with Gasteiger partial charge in [-0.15, -0.1) is 0 Å². The number of amidine groups is 1. The van der Waals surface area contributed by atoms with E-state index in [0.717, 1.165) is 6.20 Å². The van der Waals surface area contributed by atoms with Gasteiger partial charge in [0.2, 0.25) is 0 Å². The smallest absolute Gasteiger partial charge is 0.335 e. The van der Waals surface area contributed by atoms with Crippen LogP contribution in [-0.2, 0) is 0 Å². The van der Waals surface area contributed by atoms with Gasteiger partial charge in [-0.3, -0.25) is 4.79 Å². The molecule has 0 aromatic heterocycles. The minimum atomic E-state index is -1.06. The molecular weight excluding hydrogens is 378 g/mol. The first-order valence-corrected chi connectivity index (χ1v) is 8.53. The number of carboxylic acids is 1. The Bertz CT molecular complexity index is 938. The molecule has 0 radical (unpaired) electrons. The van der Waals surface area contributed by atoms with Crippen molar-refractivity contribution in [2.45, 2.75) is 13.0 Å². The fourth-order valence-electron chi connectivity index (χ4n) is 2.21. The number of aliphatic imine (C=N–C) groups is 1. The zero-order chi connectivity index (χ0) is 21.4. The molecule has 0 aliphatic heterocycles. The molecule has 0 saturated carbocycles. The topological polar surface area (TPSA) is 157 Å². The summed E-state index contributed by atoms with van der Waals surface area (Å²) in [6.45, 7) is 1.43. The first-order chi connectivity index (χ1) is 13.8. The van der Waals surface area contributed by atoms with Gasteiger partial charge in [0, 0.05) is 11.6 Å². The Morgan fingerprint density at radius 2 is 1.76 bits per heavy atom. The Morgan fingerprint density at radius 3 is 2.34 bits per heavy atom. The number of carbonyl (C=O) groups is 2. The SMILES string of the molecule is C[C@@H](CO)Oc1cc(Oc2ccc(C(=O)O)cc2)cc(C(=O)N=C(N)/C=C\N)c1. The monoisotopic (exact) mass is 399 g/mol. The van der Waals surface area contributed by atoms with E-state index in [4.69, 9.17) is 26.0 Å². The minimum absolute atomic E-state index is 0.0701. The molecule has 0 bridgehead atoms. The van der Waals surface area contributed by atoms with Crippen molar-refractivity contribution in [2.24, 2.45) is 16.5 Å². The Hall–Kier alpha value is -3.85. The summed E-state index contributed by atoms with van der Waals surface area (Å²) in [5.74, 6) is -0.886. The fraction of sp³-hybridized carbons (Fsp3) is 0.150. The van der Waals surface area contributed by atoms with E-state index in [1.54, 1.807) is 6.92 Å². The highest BCUT2D eigenvalue weighted by atomic mass is 16.5. The number of nitrogens with two attached hydrogens (primary N) is 2. The number of ether oxygens (including phenoxy) is 2. The highest BCUT2D eigenvalue weighted by molar-refractivity contribution is 6.06. The van der Waals surface area contributed by atoms with Gasteiger partial charge in [0.25, 0.3) is 5.91 Å². The van der Waals surface area contributed by atoms with Crippen molar-refractivity contribution in [3.05, 3.63) is 65.9 Å². The number of aliphatic hydroxyl groups excluding tert-OH is 1. The number of hydrogen-bond acceptors (Lipinski definition) is 6. The van der Waals surface area contributed by atoms with Crippen LogP contribution in [-0.4, -0.2) is 40.6 Å². The van der Waals surface area contributed by atoms with E-state index in [2.05, 4.69) is 4.99 Å². The van der Waals surface area contributed by atoms with Gasteiger partial charge in [-0.25, -0.2) is 4.79 Å². The third-order valence-corrected chi connectivity index (χ3v) is 3.56. The summed E-state index contributed by atoms with van der Waals surface area (Å²) >= 11 is 0. The molecule has 29 heavy (non-hydrogen) atoms. The van der Waals surface area contributed by atoms with Crippen LogP contribution in [0.3, 0.4) is 0 Å². The zero-order valence-corrected chi connectivity index (χ0v) is 15.6. The molecule has 152 valence electrons.